The molecule has 5 nitrogen and oxygen atoms in total. The quantitative estimate of drug-likeness (QED) is 0.452. The number of aryl methyl sites for hydroxylation is 2. The van der Waals surface area contributed by atoms with Crippen LogP contribution in [0.4, 0.5) is 0 Å². The maximum Gasteiger partial charge on any atom is 0.308 e. The van der Waals surface area contributed by atoms with Gasteiger partial charge in [-0.25, -0.2) is 13.1 Å². The van der Waals surface area contributed by atoms with Crippen molar-refractivity contribution in [2.45, 2.75) is 43.7 Å². The van der Waals surface area contributed by atoms with E-state index in [-0.39, 0.29) is 15.8 Å². The van der Waals surface area contributed by atoms with Gasteiger partial charge in [-0.2, -0.15) is 0 Å². The van der Waals surface area contributed by atoms with E-state index in [0.29, 0.717) is 11.2 Å². The van der Waals surface area contributed by atoms with Gasteiger partial charge in [0, 0.05) is 6.04 Å². The van der Waals surface area contributed by atoms with Crippen molar-refractivity contribution >= 4 is 31.6 Å². The Balaban J connectivity index is 1.41. The van der Waals surface area contributed by atoms with Gasteiger partial charge in [0.1, 0.15) is 0 Å². The molecule has 0 saturated heterocycles. The van der Waals surface area contributed by atoms with Gasteiger partial charge in [-0.1, -0.05) is 59.9 Å². The summed E-state index contributed by atoms with van der Waals surface area (Å²) in [4.78, 5) is 12.6. The standard InChI is InChI=1S/C25H24N2O3S2/c1-17(20-11-10-19-8-5-9-21(19)14-20)26-32(29,30)22-12-13-23-24(15-22)31-25(28)27(23)16-18-6-3-2-4-7-18/h2-4,6-7,10-15,17,26H,5,8-9,16H2,1H3. The Kier molecular flexibility index (Phi) is 5.49. The van der Waals surface area contributed by atoms with E-state index in [2.05, 4.69) is 16.9 Å². The second-order valence-corrected chi connectivity index (χ2v) is 11.0. The topological polar surface area (TPSA) is 68.2 Å². The molecule has 0 fully saturated rings. The van der Waals surface area contributed by atoms with Crippen LogP contribution in [0.3, 0.4) is 0 Å². The van der Waals surface area contributed by atoms with Crippen molar-refractivity contribution in [1.82, 2.24) is 9.29 Å². The number of thiazole rings is 1. The molecule has 0 bridgehead atoms. The number of hydrogen-bond donors (Lipinski definition) is 1. The molecular weight excluding hydrogens is 440 g/mol. The fourth-order valence-corrected chi connectivity index (χ4v) is 6.62. The molecule has 164 valence electrons. The molecule has 0 saturated carbocycles. The molecule has 0 aliphatic heterocycles. The van der Waals surface area contributed by atoms with Crippen LogP contribution in [0, 0.1) is 0 Å². The smallest absolute Gasteiger partial charge is 0.294 e. The van der Waals surface area contributed by atoms with E-state index >= 15 is 0 Å². The number of nitrogens with one attached hydrogen (secondary N) is 1. The van der Waals surface area contributed by atoms with Crippen LogP contribution in [0.15, 0.2) is 76.4 Å². The Morgan fingerprint density at radius 3 is 2.59 bits per heavy atom. The maximum atomic E-state index is 13.1. The van der Waals surface area contributed by atoms with Crippen LogP contribution in [-0.4, -0.2) is 13.0 Å². The van der Waals surface area contributed by atoms with Gasteiger partial charge in [-0.3, -0.25) is 9.36 Å². The Morgan fingerprint density at radius 2 is 1.78 bits per heavy atom. The normalized spacial score (nSPS) is 14.5. The predicted octanol–water partition coefficient (Wildman–Crippen LogP) is 4.64. The summed E-state index contributed by atoms with van der Waals surface area (Å²) >= 11 is 1.07. The van der Waals surface area contributed by atoms with E-state index < -0.39 is 10.0 Å². The largest absolute Gasteiger partial charge is 0.308 e. The molecule has 32 heavy (non-hydrogen) atoms. The molecule has 0 amide bonds. The molecule has 1 aliphatic rings. The average molecular weight is 465 g/mol. The average Bonchev–Trinajstić information content (AvgIpc) is 3.37. The minimum Gasteiger partial charge on any atom is -0.294 e. The van der Waals surface area contributed by atoms with Crippen LogP contribution in [-0.2, 0) is 29.4 Å². The molecular formula is C25H24N2O3S2. The zero-order chi connectivity index (χ0) is 22.3. The molecule has 0 radical (unpaired) electrons. The van der Waals surface area contributed by atoms with Crippen LogP contribution < -0.4 is 9.60 Å². The minimum absolute atomic E-state index is 0.0992. The Hall–Kier alpha value is -2.74. The van der Waals surface area contributed by atoms with E-state index in [9.17, 15) is 13.2 Å². The Bertz CT molecular complexity index is 1450. The van der Waals surface area contributed by atoms with Crippen molar-refractivity contribution in [2.24, 2.45) is 0 Å². The summed E-state index contributed by atoms with van der Waals surface area (Å²) < 4.78 is 31.3. The fourth-order valence-electron chi connectivity index (χ4n) is 4.36. The maximum absolute atomic E-state index is 13.1. The van der Waals surface area contributed by atoms with Gasteiger partial charge < -0.3 is 0 Å². The van der Waals surface area contributed by atoms with Crippen LogP contribution in [0.25, 0.3) is 10.2 Å². The molecule has 5 rings (SSSR count). The van der Waals surface area contributed by atoms with Gasteiger partial charge in [-0.05, 0) is 66.6 Å². The second-order valence-electron chi connectivity index (χ2n) is 8.29. The van der Waals surface area contributed by atoms with E-state index in [4.69, 9.17) is 0 Å². The molecule has 4 aromatic rings. The summed E-state index contributed by atoms with van der Waals surface area (Å²) in [7, 11) is -3.73. The molecule has 1 unspecified atom stereocenters. The Morgan fingerprint density at radius 1 is 1.00 bits per heavy atom. The second kappa shape index (κ2) is 8.31. The Labute approximate surface area is 191 Å². The third-order valence-corrected chi connectivity index (χ3v) is 8.57. The number of benzene rings is 3. The van der Waals surface area contributed by atoms with Crippen molar-refractivity contribution in [1.29, 1.82) is 0 Å². The minimum atomic E-state index is -3.73. The summed E-state index contributed by atoms with van der Waals surface area (Å²) in [6.45, 7) is 2.32. The number of hydrogen-bond acceptors (Lipinski definition) is 4. The van der Waals surface area contributed by atoms with Crippen LogP contribution in [0.5, 0.6) is 0 Å². The number of fused-ring (bicyclic) bond motifs is 2. The van der Waals surface area contributed by atoms with E-state index in [0.717, 1.165) is 47.2 Å². The fraction of sp³-hybridized carbons (Fsp3) is 0.240. The summed E-state index contributed by atoms with van der Waals surface area (Å²) in [5, 5.41) is 0. The molecule has 1 aliphatic carbocycles. The molecule has 7 heteroatoms. The van der Waals surface area contributed by atoms with E-state index in [1.807, 2.05) is 43.3 Å². The lowest BCUT2D eigenvalue weighted by atomic mass is 10.0. The number of rotatable bonds is 6. The van der Waals surface area contributed by atoms with Crippen LogP contribution in [0.1, 0.15) is 41.6 Å². The summed E-state index contributed by atoms with van der Waals surface area (Å²) in [6.07, 6.45) is 3.31. The predicted molar refractivity (Wildman–Crippen MR) is 129 cm³/mol. The first-order valence-corrected chi connectivity index (χ1v) is 13.0. The highest BCUT2D eigenvalue weighted by Crippen LogP contribution is 2.27. The van der Waals surface area contributed by atoms with E-state index in [1.165, 1.54) is 11.1 Å². The van der Waals surface area contributed by atoms with Crippen molar-refractivity contribution < 1.29 is 8.42 Å². The van der Waals surface area contributed by atoms with Crippen molar-refractivity contribution in [3.05, 3.63) is 98.7 Å². The number of nitrogens with zero attached hydrogens (tertiary/aromatic N) is 1. The van der Waals surface area contributed by atoms with Gasteiger partial charge in [-0.15, -0.1) is 0 Å². The first-order chi connectivity index (χ1) is 15.4. The third kappa shape index (κ3) is 4.03. The zero-order valence-electron chi connectivity index (χ0n) is 17.7. The lowest BCUT2D eigenvalue weighted by Crippen LogP contribution is -2.27. The highest BCUT2D eigenvalue weighted by atomic mass is 32.2. The monoisotopic (exact) mass is 464 g/mol. The summed E-state index contributed by atoms with van der Waals surface area (Å²) in [5.74, 6) is 0. The lowest BCUT2D eigenvalue weighted by molar-refractivity contribution is 0.567. The van der Waals surface area contributed by atoms with Gasteiger partial charge in [0.05, 0.1) is 21.7 Å². The van der Waals surface area contributed by atoms with Crippen molar-refractivity contribution in [2.75, 3.05) is 0 Å². The summed E-state index contributed by atoms with van der Waals surface area (Å²) in [6, 6.07) is 20.6. The number of aromatic nitrogens is 1. The first-order valence-electron chi connectivity index (χ1n) is 10.7. The molecule has 3 aromatic carbocycles. The lowest BCUT2D eigenvalue weighted by Gasteiger charge is -2.16. The van der Waals surface area contributed by atoms with Crippen LogP contribution >= 0.6 is 11.3 Å². The van der Waals surface area contributed by atoms with Crippen molar-refractivity contribution in [3.8, 4) is 0 Å². The zero-order valence-corrected chi connectivity index (χ0v) is 19.4. The van der Waals surface area contributed by atoms with Gasteiger partial charge in [0.15, 0.2) is 0 Å². The third-order valence-electron chi connectivity index (χ3n) is 6.09. The first kappa shape index (κ1) is 21.1. The van der Waals surface area contributed by atoms with Crippen molar-refractivity contribution in [3.63, 3.8) is 0 Å². The highest BCUT2D eigenvalue weighted by molar-refractivity contribution is 7.89. The molecule has 1 N–H and O–H groups in total. The highest BCUT2D eigenvalue weighted by Gasteiger charge is 2.21. The van der Waals surface area contributed by atoms with E-state index in [1.54, 1.807) is 22.8 Å². The summed E-state index contributed by atoms with van der Waals surface area (Å²) in [5.41, 5.74) is 5.42. The molecule has 1 heterocycles. The number of sulfonamides is 1. The molecule has 1 atom stereocenters. The molecule has 0 spiro atoms. The molecule has 1 aromatic heterocycles. The van der Waals surface area contributed by atoms with Gasteiger partial charge in [0.25, 0.3) is 0 Å². The van der Waals surface area contributed by atoms with Crippen LogP contribution in [0.2, 0.25) is 0 Å². The SMILES string of the molecule is CC(NS(=O)(=O)c1ccc2c(c1)sc(=O)n2Cc1ccccc1)c1ccc2c(c1)CCC2. The van der Waals surface area contributed by atoms with Gasteiger partial charge in [0.2, 0.25) is 10.0 Å². The van der Waals surface area contributed by atoms with Gasteiger partial charge >= 0.3 is 4.87 Å².